The Kier molecular flexibility index (Phi) is 3.88. The molecule has 0 aliphatic carbocycles. The molecule has 1 aromatic heterocycles. The van der Waals surface area contributed by atoms with E-state index in [1.807, 2.05) is 0 Å². The van der Waals surface area contributed by atoms with Gasteiger partial charge < -0.3 is 10.6 Å². The van der Waals surface area contributed by atoms with E-state index in [0.717, 1.165) is 24.3 Å². The fraction of sp³-hybridized carbons (Fsp3) is 0.471. The van der Waals surface area contributed by atoms with Crippen molar-refractivity contribution in [1.29, 1.82) is 0 Å². The van der Waals surface area contributed by atoms with Crippen LogP contribution in [0.25, 0.3) is 10.9 Å². The Balaban J connectivity index is 2.08. The molecule has 0 bridgehead atoms. The van der Waals surface area contributed by atoms with Crippen LogP contribution in [0.2, 0.25) is 0 Å². The summed E-state index contributed by atoms with van der Waals surface area (Å²) in [6.45, 7) is 4.10. The first-order valence-corrected chi connectivity index (χ1v) is 7.65. The van der Waals surface area contributed by atoms with Crippen molar-refractivity contribution in [2.45, 2.75) is 38.6 Å². The third kappa shape index (κ3) is 2.50. The van der Waals surface area contributed by atoms with E-state index in [4.69, 9.17) is 10.7 Å². The van der Waals surface area contributed by atoms with Gasteiger partial charge in [0, 0.05) is 18.0 Å². The summed E-state index contributed by atoms with van der Waals surface area (Å²) < 4.78 is 0. The summed E-state index contributed by atoms with van der Waals surface area (Å²) in [5.74, 6) is 1.15. The molecule has 106 valence electrons. The third-order valence-electron chi connectivity index (χ3n) is 4.27. The van der Waals surface area contributed by atoms with Crippen molar-refractivity contribution in [3.63, 3.8) is 0 Å². The highest BCUT2D eigenvalue weighted by atomic mass is 15.2. The average Bonchev–Trinajstić information content (AvgIpc) is 2.48. The van der Waals surface area contributed by atoms with Crippen LogP contribution in [0.3, 0.4) is 0 Å². The first-order chi connectivity index (χ1) is 9.79. The molecule has 3 heteroatoms. The Morgan fingerprint density at radius 2 is 2.15 bits per heavy atom. The summed E-state index contributed by atoms with van der Waals surface area (Å²) in [4.78, 5) is 7.41. The Hall–Kier alpha value is -1.61. The van der Waals surface area contributed by atoms with Gasteiger partial charge >= 0.3 is 0 Å². The molecule has 1 unspecified atom stereocenters. The van der Waals surface area contributed by atoms with E-state index in [1.54, 1.807) is 0 Å². The molecule has 1 aromatic carbocycles. The first-order valence-electron chi connectivity index (χ1n) is 7.65. The lowest BCUT2D eigenvalue weighted by atomic mass is 10.0. The molecular formula is C17H23N3. The Morgan fingerprint density at radius 3 is 2.95 bits per heavy atom. The molecule has 2 aromatic rings. The van der Waals surface area contributed by atoms with Crippen molar-refractivity contribution < 1.29 is 0 Å². The van der Waals surface area contributed by atoms with E-state index in [0.29, 0.717) is 12.6 Å². The van der Waals surface area contributed by atoms with Crippen LogP contribution in [0, 0.1) is 0 Å². The Bertz CT molecular complexity index is 594. The molecule has 3 nitrogen and oxygen atoms in total. The van der Waals surface area contributed by atoms with Gasteiger partial charge in [0.1, 0.15) is 5.82 Å². The number of fused-ring (bicyclic) bond motifs is 1. The SMILES string of the molecule is CC1CCCCN1c1nc2ccccc2cc1CCN. The Morgan fingerprint density at radius 1 is 1.30 bits per heavy atom. The molecule has 1 aliphatic rings. The highest BCUT2D eigenvalue weighted by Crippen LogP contribution is 2.29. The number of piperidine rings is 1. The van der Waals surface area contributed by atoms with Crippen molar-refractivity contribution in [3.8, 4) is 0 Å². The molecule has 3 rings (SSSR count). The predicted octanol–water partition coefficient (Wildman–Crippen LogP) is 3.11. The van der Waals surface area contributed by atoms with Gasteiger partial charge in [0.2, 0.25) is 0 Å². The molecule has 1 saturated heterocycles. The van der Waals surface area contributed by atoms with E-state index in [2.05, 4.69) is 42.2 Å². The number of nitrogens with two attached hydrogens (primary N) is 1. The summed E-state index contributed by atoms with van der Waals surface area (Å²) in [6.07, 6.45) is 4.76. The maximum Gasteiger partial charge on any atom is 0.132 e. The summed E-state index contributed by atoms with van der Waals surface area (Å²) in [6, 6.07) is 11.2. The molecule has 0 amide bonds. The molecule has 20 heavy (non-hydrogen) atoms. The molecule has 1 fully saturated rings. The van der Waals surface area contributed by atoms with Gasteiger partial charge in [-0.3, -0.25) is 0 Å². The van der Waals surface area contributed by atoms with Crippen molar-refractivity contribution in [3.05, 3.63) is 35.9 Å². The predicted molar refractivity (Wildman–Crippen MR) is 85.2 cm³/mol. The summed E-state index contributed by atoms with van der Waals surface area (Å²) in [5.41, 5.74) is 8.17. The number of hydrogen-bond acceptors (Lipinski definition) is 3. The fourth-order valence-corrected chi connectivity index (χ4v) is 3.15. The van der Waals surface area contributed by atoms with Gasteiger partial charge in [-0.25, -0.2) is 4.98 Å². The summed E-state index contributed by atoms with van der Waals surface area (Å²) >= 11 is 0. The normalized spacial score (nSPS) is 19.5. The van der Waals surface area contributed by atoms with Crippen molar-refractivity contribution in [2.24, 2.45) is 5.73 Å². The minimum absolute atomic E-state index is 0.578. The minimum atomic E-state index is 0.578. The average molecular weight is 269 g/mol. The molecular weight excluding hydrogens is 246 g/mol. The van der Waals surface area contributed by atoms with Gasteiger partial charge in [0.15, 0.2) is 0 Å². The highest BCUT2D eigenvalue weighted by molar-refractivity contribution is 5.82. The van der Waals surface area contributed by atoms with Gasteiger partial charge in [-0.2, -0.15) is 0 Å². The van der Waals surface area contributed by atoms with Crippen LogP contribution in [-0.4, -0.2) is 24.1 Å². The van der Waals surface area contributed by atoms with Crippen LogP contribution in [0.4, 0.5) is 5.82 Å². The van der Waals surface area contributed by atoms with Gasteiger partial charge in [0.25, 0.3) is 0 Å². The number of nitrogens with zero attached hydrogens (tertiary/aromatic N) is 2. The van der Waals surface area contributed by atoms with Crippen molar-refractivity contribution >= 4 is 16.7 Å². The molecule has 1 aliphatic heterocycles. The molecule has 1 atom stereocenters. The molecule has 2 heterocycles. The van der Waals surface area contributed by atoms with E-state index in [1.165, 1.54) is 30.2 Å². The van der Waals surface area contributed by atoms with Gasteiger partial charge in [0.05, 0.1) is 5.52 Å². The quantitative estimate of drug-likeness (QED) is 0.931. The standard InChI is InChI=1S/C17H23N3/c1-13-6-4-5-11-20(13)17-15(9-10-18)12-14-7-2-3-8-16(14)19-17/h2-3,7-8,12-13H,4-6,9-11,18H2,1H3. The number of aromatic nitrogens is 1. The molecule has 2 N–H and O–H groups in total. The number of para-hydroxylation sites is 1. The fourth-order valence-electron chi connectivity index (χ4n) is 3.15. The van der Waals surface area contributed by atoms with Crippen LogP contribution in [0.15, 0.2) is 30.3 Å². The largest absolute Gasteiger partial charge is 0.354 e. The van der Waals surface area contributed by atoms with Crippen LogP contribution in [-0.2, 0) is 6.42 Å². The number of rotatable bonds is 3. The molecule has 0 spiro atoms. The number of benzene rings is 1. The Labute approximate surface area is 120 Å². The minimum Gasteiger partial charge on any atom is -0.354 e. The monoisotopic (exact) mass is 269 g/mol. The smallest absolute Gasteiger partial charge is 0.132 e. The zero-order chi connectivity index (χ0) is 13.9. The zero-order valence-corrected chi connectivity index (χ0v) is 12.2. The molecule has 0 radical (unpaired) electrons. The third-order valence-corrected chi connectivity index (χ3v) is 4.27. The van der Waals surface area contributed by atoms with Crippen LogP contribution in [0.5, 0.6) is 0 Å². The maximum atomic E-state index is 5.79. The lowest BCUT2D eigenvalue weighted by molar-refractivity contribution is 0.480. The number of pyridine rings is 1. The first kappa shape index (κ1) is 13.4. The topological polar surface area (TPSA) is 42.2 Å². The number of anilines is 1. The van der Waals surface area contributed by atoms with Crippen LogP contribution >= 0.6 is 0 Å². The van der Waals surface area contributed by atoms with Crippen molar-refractivity contribution in [2.75, 3.05) is 18.0 Å². The molecule has 0 saturated carbocycles. The second kappa shape index (κ2) is 5.80. The number of hydrogen-bond donors (Lipinski definition) is 1. The second-order valence-electron chi connectivity index (χ2n) is 5.74. The van der Waals surface area contributed by atoms with Gasteiger partial charge in [-0.1, -0.05) is 18.2 Å². The van der Waals surface area contributed by atoms with Crippen LogP contribution in [0.1, 0.15) is 31.7 Å². The van der Waals surface area contributed by atoms with E-state index >= 15 is 0 Å². The van der Waals surface area contributed by atoms with Crippen molar-refractivity contribution in [1.82, 2.24) is 4.98 Å². The second-order valence-corrected chi connectivity index (χ2v) is 5.74. The van der Waals surface area contributed by atoms with E-state index in [-0.39, 0.29) is 0 Å². The summed E-state index contributed by atoms with van der Waals surface area (Å²) in [7, 11) is 0. The highest BCUT2D eigenvalue weighted by Gasteiger charge is 2.22. The van der Waals surface area contributed by atoms with E-state index < -0.39 is 0 Å². The lowest BCUT2D eigenvalue weighted by Gasteiger charge is -2.35. The van der Waals surface area contributed by atoms with Gasteiger partial charge in [-0.05, 0) is 56.8 Å². The van der Waals surface area contributed by atoms with Crippen LogP contribution < -0.4 is 10.6 Å². The lowest BCUT2D eigenvalue weighted by Crippen LogP contribution is -2.38. The summed E-state index contributed by atoms with van der Waals surface area (Å²) in [5, 5.41) is 1.21. The zero-order valence-electron chi connectivity index (χ0n) is 12.2. The van der Waals surface area contributed by atoms with Gasteiger partial charge in [-0.15, -0.1) is 0 Å². The maximum absolute atomic E-state index is 5.79. The van der Waals surface area contributed by atoms with E-state index in [9.17, 15) is 0 Å².